The summed E-state index contributed by atoms with van der Waals surface area (Å²) in [6.07, 6.45) is 5.17. The first-order valence-corrected chi connectivity index (χ1v) is 9.72. The van der Waals surface area contributed by atoms with Gasteiger partial charge in [0.15, 0.2) is 5.75 Å². The standard InChI is InChI=1S/C21H32N4O3/c1-20(2,3)28-19(26)25-9-8-13(10-21(25,4)5)14-12-24(6)18-16(14)17(27-7)15(22)11-23-18/h11-13H,8-10,22H2,1-7H3. The lowest BCUT2D eigenvalue weighted by atomic mass is 9.79. The van der Waals surface area contributed by atoms with Crippen LogP contribution in [0.3, 0.4) is 0 Å². The summed E-state index contributed by atoms with van der Waals surface area (Å²) in [6, 6.07) is 0. The lowest BCUT2D eigenvalue weighted by Gasteiger charge is -2.45. The molecule has 1 saturated heterocycles. The van der Waals surface area contributed by atoms with Crippen molar-refractivity contribution in [3.8, 4) is 5.75 Å². The average Bonchev–Trinajstić information content (AvgIpc) is 2.89. The van der Waals surface area contributed by atoms with Gasteiger partial charge in [-0.25, -0.2) is 9.78 Å². The lowest BCUT2D eigenvalue weighted by molar-refractivity contribution is -0.00926. The van der Waals surface area contributed by atoms with Crippen molar-refractivity contribution in [2.24, 2.45) is 7.05 Å². The van der Waals surface area contributed by atoms with Crippen LogP contribution in [-0.4, -0.2) is 45.3 Å². The molecule has 0 bridgehead atoms. The topological polar surface area (TPSA) is 82.6 Å². The van der Waals surface area contributed by atoms with E-state index in [2.05, 4.69) is 25.0 Å². The Morgan fingerprint density at radius 1 is 1.36 bits per heavy atom. The monoisotopic (exact) mass is 388 g/mol. The van der Waals surface area contributed by atoms with Crippen molar-refractivity contribution in [2.45, 2.75) is 64.5 Å². The van der Waals surface area contributed by atoms with E-state index in [1.54, 1.807) is 13.3 Å². The summed E-state index contributed by atoms with van der Waals surface area (Å²) in [5.41, 5.74) is 7.85. The molecule has 7 nitrogen and oxygen atoms in total. The van der Waals surface area contributed by atoms with Crippen molar-refractivity contribution in [3.05, 3.63) is 18.0 Å². The fraction of sp³-hybridized carbons (Fsp3) is 0.619. The van der Waals surface area contributed by atoms with Crippen LogP contribution in [0.4, 0.5) is 10.5 Å². The van der Waals surface area contributed by atoms with Gasteiger partial charge in [-0.05, 0) is 58.9 Å². The highest BCUT2D eigenvalue weighted by molar-refractivity contribution is 5.92. The summed E-state index contributed by atoms with van der Waals surface area (Å²) < 4.78 is 13.2. The van der Waals surface area contributed by atoms with Gasteiger partial charge in [-0.3, -0.25) is 0 Å². The van der Waals surface area contributed by atoms with Gasteiger partial charge < -0.3 is 24.7 Å². The predicted molar refractivity (Wildman–Crippen MR) is 111 cm³/mol. The van der Waals surface area contributed by atoms with Crippen LogP contribution < -0.4 is 10.5 Å². The Morgan fingerprint density at radius 3 is 2.61 bits per heavy atom. The number of carbonyl (C=O) groups is 1. The van der Waals surface area contributed by atoms with Crippen molar-refractivity contribution in [2.75, 3.05) is 19.4 Å². The van der Waals surface area contributed by atoms with E-state index >= 15 is 0 Å². The second kappa shape index (κ2) is 6.87. The third kappa shape index (κ3) is 3.62. The molecule has 1 atom stereocenters. The molecule has 7 heteroatoms. The number of anilines is 1. The normalized spacial score (nSPS) is 19.7. The van der Waals surface area contributed by atoms with Gasteiger partial charge in [0.25, 0.3) is 0 Å². The Bertz CT molecular complexity index is 895. The minimum Gasteiger partial charge on any atom is -0.494 e. The quantitative estimate of drug-likeness (QED) is 0.839. The van der Waals surface area contributed by atoms with E-state index in [0.717, 1.165) is 23.9 Å². The van der Waals surface area contributed by atoms with Crippen molar-refractivity contribution in [1.29, 1.82) is 0 Å². The van der Waals surface area contributed by atoms with Crippen LogP contribution in [0.5, 0.6) is 5.75 Å². The molecule has 1 fully saturated rings. The minimum absolute atomic E-state index is 0.252. The van der Waals surface area contributed by atoms with Crippen LogP contribution in [0.25, 0.3) is 11.0 Å². The molecule has 0 saturated carbocycles. The number of methoxy groups -OCH3 is 1. The molecule has 28 heavy (non-hydrogen) atoms. The zero-order valence-corrected chi connectivity index (χ0v) is 18.0. The summed E-state index contributed by atoms with van der Waals surface area (Å²) in [6.45, 7) is 10.5. The van der Waals surface area contributed by atoms with Crippen molar-refractivity contribution >= 4 is 22.8 Å². The molecule has 1 amide bonds. The molecular formula is C21H32N4O3. The molecule has 0 aromatic carbocycles. The van der Waals surface area contributed by atoms with E-state index < -0.39 is 5.60 Å². The second-order valence-electron chi connectivity index (χ2n) is 9.27. The van der Waals surface area contributed by atoms with Crippen LogP contribution in [0, 0.1) is 0 Å². The number of likely N-dealkylation sites (tertiary alicyclic amines) is 1. The number of nitrogens with zero attached hydrogens (tertiary/aromatic N) is 3. The summed E-state index contributed by atoms with van der Waals surface area (Å²) in [5, 5.41) is 0.969. The Kier molecular flexibility index (Phi) is 4.98. The number of rotatable bonds is 2. The van der Waals surface area contributed by atoms with Gasteiger partial charge in [0.1, 0.15) is 11.2 Å². The zero-order chi connectivity index (χ0) is 20.9. The van der Waals surface area contributed by atoms with Crippen LogP contribution in [0.1, 0.15) is 58.9 Å². The van der Waals surface area contributed by atoms with Crippen LogP contribution in [0.2, 0.25) is 0 Å². The van der Waals surface area contributed by atoms with E-state index in [9.17, 15) is 4.79 Å². The second-order valence-corrected chi connectivity index (χ2v) is 9.27. The highest BCUT2D eigenvalue weighted by atomic mass is 16.6. The van der Waals surface area contributed by atoms with Crippen molar-refractivity contribution < 1.29 is 14.3 Å². The molecular weight excluding hydrogens is 356 g/mol. The molecule has 2 N–H and O–H groups in total. The molecule has 3 heterocycles. The zero-order valence-electron chi connectivity index (χ0n) is 18.0. The Labute approximate surface area is 166 Å². The summed E-state index contributed by atoms with van der Waals surface area (Å²) >= 11 is 0. The largest absolute Gasteiger partial charge is 0.494 e. The summed E-state index contributed by atoms with van der Waals surface area (Å²) in [5.74, 6) is 0.947. The molecule has 2 aromatic rings. The van der Waals surface area contributed by atoms with E-state index in [1.165, 1.54) is 5.56 Å². The summed E-state index contributed by atoms with van der Waals surface area (Å²) in [7, 11) is 3.62. The van der Waals surface area contributed by atoms with Crippen molar-refractivity contribution in [1.82, 2.24) is 14.5 Å². The Morgan fingerprint density at radius 2 is 2.04 bits per heavy atom. The molecule has 1 aliphatic heterocycles. The maximum absolute atomic E-state index is 12.7. The first-order valence-electron chi connectivity index (χ1n) is 9.72. The molecule has 0 spiro atoms. The lowest BCUT2D eigenvalue weighted by Crippen LogP contribution is -2.53. The van der Waals surface area contributed by atoms with Gasteiger partial charge in [-0.15, -0.1) is 0 Å². The van der Waals surface area contributed by atoms with Crippen molar-refractivity contribution in [3.63, 3.8) is 0 Å². The molecule has 154 valence electrons. The van der Waals surface area contributed by atoms with Gasteiger partial charge in [0, 0.05) is 25.3 Å². The Hall–Kier alpha value is -2.44. The highest BCUT2D eigenvalue weighted by Gasteiger charge is 2.41. The first kappa shape index (κ1) is 20.3. The SMILES string of the molecule is COc1c(N)cnc2c1c(C1CCN(C(=O)OC(C)(C)C)C(C)(C)C1)cn2C. The number of nitrogens with two attached hydrogens (primary N) is 1. The van der Waals surface area contributed by atoms with E-state index in [-0.39, 0.29) is 17.6 Å². The fourth-order valence-corrected chi connectivity index (χ4v) is 4.21. The minimum atomic E-state index is -0.504. The number of amides is 1. The first-order chi connectivity index (χ1) is 12.9. The summed E-state index contributed by atoms with van der Waals surface area (Å²) in [4.78, 5) is 19.0. The van der Waals surface area contributed by atoms with Gasteiger partial charge in [0.05, 0.1) is 24.4 Å². The highest BCUT2D eigenvalue weighted by Crippen LogP contribution is 2.44. The van der Waals surface area contributed by atoms with E-state index in [4.69, 9.17) is 15.2 Å². The van der Waals surface area contributed by atoms with Crippen LogP contribution >= 0.6 is 0 Å². The number of aromatic nitrogens is 2. The van der Waals surface area contributed by atoms with E-state index in [0.29, 0.717) is 18.0 Å². The number of ether oxygens (including phenoxy) is 2. The number of aryl methyl sites for hydroxylation is 1. The van der Waals surface area contributed by atoms with Gasteiger partial charge in [-0.2, -0.15) is 0 Å². The van der Waals surface area contributed by atoms with Crippen LogP contribution in [-0.2, 0) is 11.8 Å². The number of fused-ring (bicyclic) bond motifs is 1. The van der Waals surface area contributed by atoms with Gasteiger partial charge in [0.2, 0.25) is 0 Å². The smallest absolute Gasteiger partial charge is 0.410 e. The molecule has 1 unspecified atom stereocenters. The molecule has 3 rings (SSSR count). The number of carbonyl (C=O) groups excluding carboxylic acids is 1. The average molecular weight is 389 g/mol. The Balaban J connectivity index is 1.94. The number of piperidine rings is 1. The maximum Gasteiger partial charge on any atom is 0.410 e. The van der Waals surface area contributed by atoms with Gasteiger partial charge in [-0.1, -0.05) is 0 Å². The van der Waals surface area contributed by atoms with Crippen LogP contribution in [0.15, 0.2) is 12.4 Å². The predicted octanol–water partition coefficient (Wildman–Crippen LogP) is 4.06. The number of pyridine rings is 1. The molecule has 2 aromatic heterocycles. The number of hydrogen-bond acceptors (Lipinski definition) is 5. The molecule has 1 aliphatic rings. The van der Waals surface area contributed by atoms with E-state index in [1.807, 2.05) is 37.3 Å². The number of nitrogen functional groups attached to an aromatic ring is 1. The third-order valence-electron chi connectivity index (χ3n) is 5.43. The maximum atomic E-state index is 12.7. The third-order valence-corrected chi connectivity index (χ3v) is 5.43. The molecule has 0 radical (unpaired) electrons. The molecule has 0 aliphatic carbocycles. The fourth-order valence-electron chi connectivity index (χ4n) is 4.21. The van der Waals surface area contributed by atoms with Gasteiger partial charge >= 0.3 is 6.09 Å². The number of hydrogen-bond donors (Lipinski definition) is 1.